The summed E-state index contributed by atoms with van der Waals surface area (Å²) in [6.45, 7) is 7.31. The number of aliphatic hydroxyl groups excluding tert-OH is 1. The topological polar surface area (TPSA) is 110 Å². The number of H-pyrrole nitrogens is 1. The van der Waals surface area contributed by atoms with E-state index in [9.17, 15) is 14.7 Å². The third-order valence-electron chi connectivity index (χ3n) is 8.35. The van der Waals surface area contributed by atoms with Crippen LogP contribution in [0.25, 0.3) is 11.1 Å². The number of anilines is 1. The third kappa shape index (κ3) is 8.29. The number of benzene rings is 2. The Morgan fingerprint density at radius 1 is 0.976 bits per heavy atom. The molecule has 1 aromatic heterocycles. The van der Waals surface area contributed by atoms with Crippen molar-refractivity contribution in [3.05, 3.63) is 78.1 Å². The van der Waals surface area contributed by atoms with Crippen LogP contribution in [0.5, 0.6) is 0 Å². The van der Waals surface area contributed by atoms with Crippen LogP contribution in [0.3, 0.4) is 0 Å². The van der Waals surface area contributed by atoms with Crippen LogP contribution in [0.15, 0.2) is 66.7 Å². The van der Waals surface area contributed by atoms with Gasteiger partial charge in [-0.3, -0.25) is 15.0 Å². The van der Waals surface area contributed by atoms with E-state index >= 15 is 0 Å². The van der Waals surface area contributed by atoms with Gasteiger partial charge in [0.05, 0.1) is 24.0 Å². The summed E-state index contributed by atoms with van der Waals surface area (Å²) in [4.78, 5) is 33.3. The van der Waals surface area contributed by atoms with Crippen LogP contribution in [-0.4, -0.2) is 89.3 Å². The van der Waals surface area contributed by atoms with Crippen LogP contribution in [0.2, 0.25) is 0 Å². The van der Waals surface area contributed by atoms with E-state index in [2.05, 4.69) is 32.3 Å². The van der Waals surface area contributed by atoms with Crippen LogP contribution in [-0.2, 0) is 11.3 Å². The first-order valence-corrected chi connectivity index (χ1v) is 15.1. The van der Waals surface area contributed by atoms with Gasteiger partial charge in [0.1, 0.15) is 6.10 Å². The normalized spacial score (nSPS) is 20.3. The van der Waals surface area contributed by atoms with E-state index in [0.717, 1.165) is 87.5 Å². The third-order valence-corrected chi connectivity index (χ3v) is 8.35. The largest absolute Gasteiger partial charge is 0.446 e. The fourth-order valence-electron chi connectivity index (χ4n) is 5.88. The summed E-state index contributed by atoms with van der Waals surface area (Å²) in [6, 6.07) is 21.9. The number of nitrogens with one attached hydrogen (secondary N) is 3. The highest BCUT2D eigenvalue weighted by atomic mass is 16.6. The number of Topliss-reactive ketones (excluding diaryl/α,β-unsaturated/α-hetero) is 1. The molecule has 0 aliphatic carbocycles. The quantitative estimate of drug-likeness (QED) is 0.197. The highest BCUT2D eigenvalue weighted by molar-refractivity contribution is 5.96. The fraction of sp³-hybridized carbons (Fsp3) is 0.455. The van der Waals surface area contributed by atoms with E-state index in [1.165, 1.54) is 0 Å². The molecule has 5 rings (SSSR count). The zero-order chi connectivity index (χ0) is 29.3. The van der Waals surface area contributed by atoms with Crippen LogP contribution in [0.1, 0.15) is 48.8 Å². The number of ether oxygens (including phenoxy) is 1. The summed E-state index contributed by atoms with van der Waals surface area (Å²) in [5.41, 5.74) is 4.39. The molecule has 42 heavy (non-hydrogen) atoms. The number of aromatic nitrogens is 1. The Balaban J connectivity index is 0.976. The maximum Gasteiger partial charge on any atom is 0.411 e. The molecule has 2 unspecified atom stereocenters. The average molecular weight is 574 g/mol. The smallest absolute Gasteiger partial charge is 0.411 e. The number of aliphatic hydroxyl groups is 1. The van der Waals surface area contributed by atoms with Gasteiger partial charge in [-0.1, -0.05) is 48.5 Å². The first kappa shape index (κ1) is 30.0. The lowest BCUT2D eigenvalue weighted by Crippen LogP contribution is -2.42. The minimum Gasteiger partial charge on any atom is -0.446 e. The summed E-state index contributed by atoms with van der Waals surface area (Å²) < 4.78 is 5.75. The molecule has 2 aliphatic rings. The van der Waals surface area contributed by atoms with Crippen molar-refractivity contribution in [2.75, 3.05) is 44.6 Å². The van der Waals surface area contributed by atoms with Crippen LogP contribution < -0.4 is 10.6 Å². The van der Waals surface area contributed by atoms with Gasteiger partial charge in [-0.2, -0.15) is 0 Å². The Hall–Kier alpha value is -3.50. The van der Waals surface area contributed by atoms with Crippen molar-refractivity contribution in [1.29, 1.82) is 0 Å². The molecule has 2 fully saturated rings. The zero-order valence-electron chi connectivity index (χ0n) is 24.4. The Labute approximate surface area is 248 Å². The standard InChI is InChI=1S/C33H43N5O4/c1-24-21-27(39)13-19-38(24)23-26-11-12-31(35-26)32(40)22-34-16-20-37-17-14-28(15-18-37)42-33(41)36-30-10-6-5-9-29(30)25-7-3-2-4-8-25/h2-12,24,27-28,34-35,39H,13-23H2,1H3,(H,36,41). The maximum atomic E-state index is 12.7. The zero-order valence-corrected chi connectivity index (χ0v) is 24.4. The van der Waals surface area contributed by atoms with Crippen molar-refractivity contribution < 1.29 is 19.4 Å². The lowest BCUT2D eigenvalue weighted by Gasteiger charge is -2.35. The van der Waals surface area contributed by atoms with Crippen molar-refractivity contribution in [1.82, 2.24) is 20.1 Å². The summed E-state index contributed by atoms with van der Waals surface area (Å²) >= 11 is 0. The molecular weight excluding hydrogens is 530 g/mol. The van der Waals surface area contributed by atoms with Gasteiger partial charge in [0.15, 0.2) is 5.78 Å². The monoisotopic (exact) mass is 573 g/mol. The number of amides is 1. The number of hydrogen-bond donors (Lipinski definition) is 4. The molecule has 0 spiro atoms. The van der Waals surface area contributed by atoms with Crippen LogP contribution in [0, 0.1) is 0 Å². The van der Waals surface area contributed by atoms with Crippen molar-refractivity contribution in [2.45, 2.75) is 57.4 Å². The van der Waals surface area contributed by atoms with Gasteiger partial charge in [0, 0.05) is 56.6 Å². The van der Waals surface area contributed by atoms with Crippen molar-refractivity contribution in [2.24, 2.45) is 0 Å². The van der Waals surface area contributed by atoms with E-state index in [1.54, 1.807) is 0 Å². The van der Waals surface area contributed by atoms with Gasteiger partial charge in [0.2, 0.25) is 0 Å². The highest BCUT2D eigenvalue weighted by Gasteiger charge is 2.25. The molecule has 2 atom stereocenters. The van der Waals surface area contributed by atoms with Crippen molar-refractivity contribution in [3.63, 3.8) is 0 Å². The molecule has 2 saturated heterocycles. The molecule has 0 radical (unpaired) electrons. The number of nitrogens with zero attached hydrogens (tertiary/aromatic N) is 2. The Morgan fingerprint density at radius 2 is 1.74 bits per heavy atom. The average Bonchev–Trinajstić information content (AvgIpc) is 3.47. The predicted molar refractivity (Wildman–Crippen MR) is 165 cm³/mol. The number of piperidine rings is 2. The first-order valence-electron chi connectivity index (χ1n) is 15.1. The van der Waals surface area contributed by atoms with Crippen LogP contribution >= 0.6 is 0 Å². The van der Waals surface area contributed by atoms with Gasteiger partial charge in [-0.05, 0) is 56.4 Å². The van der Waals surface area contributed by atoms with E-state index < -0.39 is 6.09 Å². The first-order chi connectivity index (χ1) is 20.4. The van der Waals surface area contributed by atoms with Crippen molar-refractivity contribution in [3.8, 4) is 11.1 Å². The number of ketones is 1. The summed E-state index contributed by atoms with van der Waals surface area (Å²) in [6.07, 6.45) is 2.42. The summed E-state index contributed by atoms with van der Waals surface area (Å²) in [5.74, 6) is 0.0512. The van der Waals surface area contributed by atoms with E-state index in [4.69, 9.17) is 4.74 Å². The fourth-order valence-corrected chi connectivity index (χ4v) is 5.88. The number of carbonyl (C=O) groups excluding carboxylic acids is 2. The Bertz CT molecular complexity index is 1300. The molecule has 3 aromatic rings. The molecular formula is C33H43N5O4. The van der Waals surface area contributed by atoms with Gasteiger partial charge < -0.3 is 25.0 Å². The molecule has 2 aromatic carbocycles. The second-order valence-electron chi connectivity index (χ2n) is 11.5. The SMILES string of the molecule is CC1CC(O)CCN1Cc1ccc(C(=O)CNCCN2CCC(OC(=O)Nc3ccccc3-c3ccccc3)CC2)[nH]1. The molecule has 0 bridgehead atoms. The molecule has 9 nitrogen and oxygen atoms in total. The minimum absolute atomic E-state index is 0.0512. The molecule has 4 N–H and O–H groups in total. The second kappa shape index (κ2) is 14.6. The van der Waals surface area contributed by atoms with E-state index in [0.29, 0.717) is 11.7 Å². The van der Waals surface area contributed by atoms with E-state index in [1.807, 2.05) is 66.7 Å². The van der Waals surface area contributed by atoms with Crippen molar-refractivity contribution >= 4 is 17.6 Å². The molecule has 3 heterocycles. The molecule has 1 amide bonds. The predicted octanol–water partition coefficient (Wildman–Crippen LogP) is 4.51. The minimum atomic E-state index is -0.422. The van der Waals surface area contributed by atoms with Gasteiger partial charge in [-0.25, -0.2) is 4.79 Å². The van der Waals surface area contributed by atoms with Gasteiger partial charge in [0.25, 0.3) is 0 Å². The maximum absolute atomic E-state index is 12.7. The number of aromatic amines is 1. The Morgan fingerprint density at radius 3 is 2.52 bits per heavy atom. The van der Waals surface area contributed by atoms with E-state index in [-0.39, 0.29) is 24.5 Å². The van der Waals surface area contributed by atoms with Gasteiger partial charge in [-0.15, -0.1) is 0 Å². The molecule has 224 valence electrons. The lowest BCUT2D eigenvalue weighted by atomic mass is 10.0. The number of rotatable bonds is 11. The summed E-state index contributed by atoms with van der Waals surface area (Å²) in [5, 5.41) is 16.0. The second-order valence-corrected chi connectivity index (χ2v) is 11.5. The molecule has 0 saturated carbocycles. The Kier molecular flexibility index (Phi) is 10.4. The number of carbonyl (C=O) groups is 2. The number of para-hydroxylation sites is 1. The number of hydrogen-bond acceptors (Lipinski definition) is 7. The highest BCUT2D eigenvalue weighted by Crippen LogP contribution is 2.28. The molecule has 9 heteroatoms. The van der Waals surface area contributed by atoms with Gasteiger partial charge >= 0.3 is 6.09 Å². The lowest BCUT2D eigenvalue weighted by molar-refractivity contribution is 0.0436. The number of likely N-dealkylation sites (tertiary alicyclic amines) is 2. The molecule has 2 aliphatic heterocycles. The van der Waals surface area contributed by atoms with Crippen LogP contribution in [0.4, 0.5) is 10.5 Å². The summed E-state index contributed by atoms with van der Waals surface area (Å²) in [7, 11) is 0.